The first-order valence-corrected chi connectivity index (χ1v) is 10.3. The highest BCUT2D eigenvalue weighted by Crippen LogP contribution is 2.30. The number of ether oxygens (including phenoxy) is 1. The van der Waals surface area contributed by atoms with E-state index in [4.69, 9.17) is 4.74 Å². The summed E-state index contributed by atoms with van der Waals surface area (Å²) in [5.74, 6) is 0.199. The highest BCUT2D eigenvalue weighted by atomic mass is 19.4. The van der Waals surface area contributed by atoms with Crippen molar-refractivity contribution in [2.24, 2.45) is 5.92 Å². The predicted molar refractivity (Wildman–Crippen MR) is 114 cm³/mol. The van der Waals surface area contributed by atoms with E-state index in [1.165, 1.54) is 6.20 Å². The fraction of sp³-hybridized carbons (Fsp3) is 0.261. The lowest BCUT2D eigenvalue weighted by Gasteiger charge is -2.10. The third-order valence-electron chi connectivity index (χ3n) is 4.99. The van der Waals surface area contributed by atoms with E-state index in [1.54, 1.807) is 48.5 Å². The second-order valence-electron chi connectivity index (χ2n) is 7.67. The Morgan fingerprint density at radius 2 is 1.85 bits per heavy atom. The van der Waals surface area contributed by atoms with Crippen LogP contribution in [0, 0.1) is 5.92 Å². The quantitative estimate of drug-likeness (QED) is 0.536. The van der Waals surface area contributed by atoms with Crippen LogP contribution in [0.15, 0.2) is 60.8 Å². The Labute approximate surface area is 187 Å². The van der Waals surface area contributed by atoms with Crippen molar-refractivity contribution in [2.45, 2.75) is 25.6 Å². The minimum atomic E-state index is -4.50. The maximum absolute atomic E-state index is 12.7. The molecule has 1 aromatic heterocycles. The summed E-state index contributed by atoms with van der Waals surface area (Å²) >= 11 is 0. The zero-order valence-corrected chi connectivity index (χ0v) is 17.4. The molecular weight excluding hydrogens is 437 g/mol. The normalized spacial score (nSPS) is 13.4. The van der Waals surface area contributed by atoms with Gasteiger partial charge in [0, 0.05) is 30.4 Å². The molecule has 172 valence electrons. The molecule has 1 heterocycles. The van der Waals surface area contributed by atoms with Crippen LogP contribution in [-0.2, 0) is 22.3 Å². The molecule has 0 unspecified atom stereocenters. The van der Waals surface area contributed by atoms with Gasteiger partial charge in [0.25, 0.3) is 5.91 Å². The van der Waals surface area contributed by atoms with Crippen LogP contribution in [0.3, 0.4) is 0 Å². The van der Waals surface area contributed by atoms with E-state index in [1.807, 2.05) is 0 Å². The maximum Gasteiger partial charge on any atom is 0.435 e. The number of hydrogen-bond donors (Lipinski definition) is 2. The highest BCUT2D eigenvalue weighted by Gasteiger charge is 2.33. The van der Waals surface area contributed by atoms with E-state index in [0.717, 1.165) is 29.2 Å². The van der Waals surface area contributed by atoms with E-state index in [2.05, 4.69) is 15.7 Å². The maximum atomic E-state index is 12.7. The topological polar surface area (TPSA) is 85.2 Å². The first-order valence-electron chi connectivity index (χ1n) is 10.3. The van der Waals surface area contributed by atoms with Gasteiger partial charge in [-0.05, 0) is 48.7 Å². The highest BCUT2D eigenvalue weighted by molar-refractivity contribution is 5.94. The van der Waals surface area contributed by atoms with Crippen LogP contribution in [0.1, 0.15) is 24.1 Å². The number of alkyl halides is 3. The number of amides is 2. The van der Waals surface area contributed by atoms with E-state index >= 15 is 0 Å². The minimum Gasteiger partial charge on any atom is -0.484 e. The zero-order valence-electron chi connectivity index (χ0n) is 17.4. The number of halogens is 3. The second-order valence-corrected chi connectivity index (χ2v) is 7.67. The Morgan fingerprint density at radius 1 is 1.09 bits per heavy atom. The van der Waals surface area contributed by atoms with Gasteiger partial charge < -0.3 is 15.4 Å². The van der Waals surface area contributed by atoms with Crippen LogP contribution in [0.5, 0.6) is 5.75 Å². The Kier molecular flexibility index (Phi) is 6.34. The van der Waals surface area contributed by atoms with E-state index < -0.39 is 11.9 Å². The van der Waals surface area contributed by atoms with Gasteiger partial charge in [0.2, 0.25) is 5.91 Å². The third-order valence-corrected chi connectivity index (χ3v) is 4.99. The van der Waals surface area contributed by atoms with Crippen molar-refractivity contribution in [3.63, 3.8) is 0 Å². The molecule has 3 aromatic rings. The summed E-state index contributed by atoms with van der Waals surface area (Å²) in [6, 6.07) is 14.4. The van der Waals surface area contributed by atoms with Gasteiger partial charge in [0.15, 0.2) is 12.3 Å². The monoisotopic (exact) mass is 458 g/mol. The van der Waals surface area contributed by atoms with Crippen molar-refractivity contribution >= 4 is 17.5 Å². The molecule has 4 rings (SSSR count). The molecule has 1 aliphatic carbocycles. The SMILES string of the molecule is O=C(COc1cccc(NC(=O)C2CC2)c1)NCc1ccc(-n2ccc(C(F)(F)F)n2)cc1. The lowest BCUT2D eigenvalue weighted by molar-refractivity contribution is -0.141. The number of nitrogens with zero attached hydrogens (tertiary/aromatic N) is 2. The molecule has 1 saturated carbocycles. The summed E-state index contributed by atoms with van der Waals surface area (Å²) in [5, 5.41) is 9.06. The average molecular weight is 458 g/mol. The summed E-state index contributed by atoms with van der Waals surface area (Å²) in [6.07, 6.45) is -1.44. The second kappa shape index (κ2) is 9.35. The molecule has 0 radical (unpaired) electrons. The van der Waals surface area contributed by atoms with Crippen molar-refractivity contribution in [3.8, 4) is 11.4 Å². The van der Waals surface area contributed by atoms with Crippen LogP contribution >= 0.6 is 0 Å². The number of aromatic nitrogens is 2. The van der Waals surface area contributed by atoms with Gasteiger partial charge in [-0.15, -0.1) is 0 Å². The predicted octanol–water partition coefficient (Wildman–Crippen LogP) is 3.93. The molecule has 7 nitrogen and oxygen atoms in total. The molecule has 0 spiro atoms. The molecule has 0 saturated heterocycles. The lowest BCUT2D eigenvalue weighted by atomic mass is 10.2. The molecule has 2 amide bonds. The van der Waals surface area contributed by atoms with Gasteiger partial charge in [0.05, 0.1) is 5.69 Å². The summed E-state index contributed by atoms with van der Waals surface area (Å²) in [5.41, 5.74) is 0.886. The largest absolute Gasteiger partial charge is 0.484 e. The molecule has 1 aliphatic rings. The molecule has 1 fully saturated rings. The fourth-order valence-corrected chi connectivity index (χ4v) is 3.04. The van der Waals surface area contributed by atoms with Crippen molar-refractivity contribution in [1.82, 2.24) is 15.1 Å². The van der Waals surface area contributed by atoms with Gasteiger partial charge in [0.1, 0.15) is 5.75 Å². The van der Waals surface area contributed by atoms with E-state index in [-0.39, 0.29) is 30.9 Å². The molecule has 0 bridgehead atoms. The van der Waals surface area contributed by atoms with Gasteiger partial charge in [-0.2, -0.15) is 18.3 Å². The van der Waals surface area contributed by atoms with E-state index in [0.29, 0.717) is 17.1 Å². The zero-order chi connectivity index (χ0) is 23.4. The molecule has 2 aromatic carbocycles. The van der Waals surface area contributed by atoms with Crippen molar-refractivity contribution < 1.29 is 27.5 Å². The molecule has 10 heteroatoms. The number of carbonyl (C=O) groups excluding carboxylic acids is 2. The number of hydrogen-bond acceptors (Lipinski definition) is 4. The molecular formula is C23H21F3N4O3. The number of rotatable bonds is 8. The van der Waals surface area contributed by atoms with E-state index in [9.17, 15) is 22.8 Å². The Bertz CT molecular complexity index is 1140. The van der Waals surface area contributed by atoms with Crippen LogP contribution in [0.25, 0.3) is 5.69 Å². The molecule has 0 aliphatic heterocycles. The number of nitrogens with one attached hydrogen (secondary N) is 2. The molecule has 2 N–H and O–H groups in total. The number of anilines is 1. The summed E-state index contributed by atoms with van der Waals surface area (Å²) in [7, 11) is 0. The first-order chi connectivity index (χ1) is 15.8. The molecule has 0 atom stereocenters. The summed E-state index contributed by atoms with van der Waals surface area (Å²) < 4.78 is 44.7. The number of benzene rings is 2. The standard InChI is InChI=1S/C23H21F3N4O3/c24-23(25,26)20-10-11-30(29-20)18-8-4-15(5-9-18)13-27-21(31)14-33-19-3-1-2-17(12-19)28-22(32)16-6-7-16/h1-5,8-12,16H,6-7,13-14H2,(H,27,31)(H,28,32). The van der Waals surface area contributed by atoms with Crippen molar-refractivity contribution in [1.29, 1.82) is 0 Å². The third kappa shape index (κ3) is 6.12. The van der Waals surface area contributed by atoms with Crippen molar-refractivity contribution in [2.75, 3.05) is 11.9 Å². The lowest BCUT2D eigenvalue weighted by Crippen LogP contribution is -2.28. The molecule has 33 heavy (non-hydrogen) atoms. The van der Waals surface area contributed by atoms with Gasteiger partial charge in [-0.3, -0.25) is 9.59 Å². The van der Waals surface area contributed by atoms with Crippen LogP contribution in [0.2, 0.25) is 0 Å². The Morgan fingerprint density at radius 3 is 2.52 bits per heavy atom. The minimum absolute atomic E-state index is 0.00994. The smallest absolute Gasteiger partial charge is 0.435 e. The fourth-order valence-electron chi connectivity index (χ4n) is 3.04. The average Bonchev–Trinajstić information content (AvgIpc) is 3.52. The van der Waals surface area contributed by atoms with Gasteiger partial charge >= 0.3 is 6.18 Å². The van der Waals surface area contributed by atoms with Gasteiger partial charge in [-0.1, -0.05) is 18.2 Å². The number of carbonyl (C=O) groups is 2. The first kappa shape index (κ1) is 22.4. The summed E-state index contributed by atoms with van der Waals surface area (Å²) in [4.78, 5) is 24.0. The summed E-state index contributed by atoms with van der Waals surface area (Å²) in [6.45, 7) is 0.0263. The Balaban J connectivity index is 1.24. The van der Waals surface area contributed by atoms with Crippen LogP contribution < -0.4 is 15.4 Å². The van der Waals surface area contributed by atoms with Crippen LogP contribution in [0.4, 0.5) is 18.9 Å². The van der Waals surface area contributed by atoms with Crippen molar-refractivity contribution in [3.05, 3.63) is 72.1 Å². The Hall–Kier alpha value is -3.82. The van der Waals surface area contributed by atoms with Crippen LogP contribution in [-0.4, -0.2) is 28.2 Å². The van der Waals surface area contributed by atoms with Gasteiger partial charge in [-0.25, -0.2) is 4.68 Å².